The summed E-state index contributed by atoms with van der Waals surface area (Å²) in [7, 11) is 3.04. The molecule has 6 heteroatoms. The SMILES string of the molecule is COC1c2ccccc2C(=O)N2C(OC)c3ccccc3C(=O)N12. The van der Waals surface area contributed by atoms with Crippen LogP contribution in [0.4, 0.5) is 0 Å². The van der Waals surface area contributed by atoms with E-state index in [2.05, 4.69) is 0 Å². The Balaban J connectivity index is 1.96. The van der Waals surface area contributed by atoms with Gasteiger partial charge in [-0.3, -0.25) is 9.59 Å². The van der Waals surface area contributed by atoms with Gasteiger partial charge in [0.15, 0.2) is 12.5 Å². The van der Waals surface area contributed by atoms with Crippen LogP contribution >= 0.6 is 0 Å². The normalized spacial score (nSPS) is 22.1. The second kappa shape index (κ2) is 5.43. The highest BCUT2D eigenvalue weighted by atomic mass is 16.5. The molecule has 6 nitrogen and oxygen atoms in total. The van der Waals surface area contributed by atoms with Gasteiger partial charge in [-0.05, 0) is 12.1 Å². The fraction of sp³-hybridized carbons (Fsp3) is 0.222. The molecule has 122 valence electrons. The molecule has 2 aliphatic heterocycles. The lowest BCUT2D eigenvalue weighted by molar-refractivity contribution is -0.183. The predicted molar refractivity (Wildman–Crippen MR) is 84.7 cm³/mol. The topological polar surface area (TPSA) is 59.1 Å². The van der Waals surface area contributed by atoms with E-state index >= 15 is 0 Å². The Morgan fingerprint density at radius 3 is 1.46 bits per heavy atom. The number of rotatable bonds is 2. The first kappa shape index (κ1) is 14.9. The monoisotopic (exact) mass is 324 g/mol. The Morgan fingerprint density at radius 2 is 1.08 bits per heavy atom. The molecule has 0 aromatic heterocycles. The zero-order valence-electron chi connectivity index (χ0n) is 13.3. The fourth-order valence-electron chi connectivity index (χ4n) is 3.41. The van der Waals surface area contributed by atoms with Crippen LogP contribution in [0.15, 0.2) is 48.5 Å². The maximum atomic E-state index is 13.0. The lowest BCUT2D eigenvalue weighted by Crippen LogP contribution is -2.59. The van der Waals surface area contributed by atoms with Crippen molar-refractivity contribution >= 4 is 11.8 Å². The lowest BCUT2D eigenvalue weighted by Gasteiger charge is -2.49. The summed E-state index contributed by atoms with van der Waals surface area (Å²) in [4.78, 5) is 26.1. The molecule has 2 unspecified atom stereocenters. The Labute approximate surface area is 139 Å². The predicted octanol–water partition coefficient (Wildman–Crippen LogP) is 2.50. The summed E-state index contributed by atoms with van der Waals surface area (Å²) in [6.07, 6.45) is -1.37. The largest absolute Gasteiger partial charge is 0.355 e. The first-order chi connectivity index (χ1) is 11.7. The van der Waals surface area contributed by atoms with Crippen molar-refractivity contribution in [3.05, 3.63) is 70.8 Å². The van der Waals surface area contributed by atoms with Crippen molar-refractivity contribution in [2.75, 3.05) is 14.2 Å². The summed E-state index contributed by atoms with van der Waals surface area (Å²) >= 11 is 0. The van der Waals surface area contributed by atoms with Gasteiger partial charge < -0.3 is 9.47 Å². The van der Waals surface area contributed by atoms with Crippen molar-refractivity contribution in [3.63, 3.8) is 0 Å². The number of methoxy groups -OCH3 is 2. The summed E-state index contributed by atoms with van der Waals surface area (Å²) in [6, 6.07) is 14.3. The van der Waals surface area contributed by atoms with Gasteiger partial charge in [-0.25, -0.2) is 10.0 Å². The number of amides is 2. The average Bonchev–Trinajstić information content (AvgIpc) is 2.63. The standard InChI is InChI=1S/C18H16N2O4/c1-23-17-13-9-5-3-7-11(13)16(22)20-18(24-2)14-10-6-4-8-12(14)15(21)19(17)20/h3-10,17-18H,1-2H3. The molecule has 0 aliphatic carbocycles. The molecule has 2 atom stereocenters. The third-order valence-corrected chi connectivity index (χ3v) is 4.45. The van der Waals surface area contributed by atoms with E-state index in [1.165, 1.54) is 24.2 Å². The highest BCUT2D eigenvalue weighted by Crippen LogP contribution is 2.42. The summed E-state index contributed by atoms with van der Waals surface area (Å²) in [6.45, 7) is 0. The lowest BCUT2D eigenvalue weighted by atomic mass is 9.96. The Kier molecular flexibility index (Phi) is 3.37. The zero-order chi connectivity index (χ0) is 16.8. The molecular weight excluding hydrogens is 308 g/mol. The van der Waals surface area contributed by atoms with Crippen LogP contribution in [0.25, 0.3) is 0 Å². The maximum absolute atomic E-state index is 13.0. The molecule has 0 saturated heterocycles. The van der Waals surface area contributed by atoms with Gasteiger partial charge in [0.05, 0.1) is 0 Å². The van der Waals surface area contributed by atoms with Crippen LogP contribution in [-0.4, -0.2) is 36.1 Å². The van der Waals surface area contributed by atoms with E-state index in [-0.39, 0.29) is 11.8 Å². The van der Waals surface area contributed by atoms with Crippen molar-refractivity contribution in [2.45, 2.75) is 12.5 Å². The molecule has 24 heavy (non-hydrogen) atoms. The minimum absolute atomic E-state index is 0.284. The van der Waals surface area contributed by atoms with Crippen LogP contribution < -0.4 is 0 Å². The van der Waals surface area contributed by atoms with Crippen LogP contribution in [0.2, 0.25) is 0 Å². The van der Waals surface area contributed by atoms with Crippen molar-refractivity contribution in [2.24, 2.45) is 0 Å². The van der Waals surface area contributed by atoms with Crippen molar-refractivity contribution in [3.8, 4) is 0 Å². The first-order valence-corrected chi connectivity index (χ1v) is 7.59. The number of hydrogen-bond donors (Lipinski definition) is 0. The van der Waals surface area contributed by atoms with Crippen molar-refractivity contribution in [1.82, 2.24) is 10.0 Å². The minimum atomic E-state index is -0.683. The van der Waals surface area contributed by atoms with E-state index in [1.807, 2.05) is 12.1 Å². The van der Waals surface area contributed by atoms with Gasteiger partial charge in [0, 0.05) is 36.5 Å². The van der Waals surface area contributed by atoms with Gasteiger partial charge in [-0.15, -0.1) is 0 Å². The molecule has 2 amide bonds. The molecule has 4 rings (SSSR count). The summed E-state index contributed by atoms with van der Waals surface area (Å²) in [5.74, 6) is -0.567. The minimum Gasteiger partial charge on any atom is -0.355 e. The molecule has 2 aromatic carbocycles. The quantitative estimate of drug-likeness (QED) is 0.852. The van der Waals surface area contributed by atoms with Crippen LogP contribution in [-0.2, 0) is 9.47 Å². The highest BCUT2D eigenvalue weighted by Gasteiger charge is 2.49. The molecule has 0 radical (unpaired) electrons. The molecule has 2 heterocycles. The van der Waals surface area contributed by atoms with E-state index in [0.29, 0.717) is 22.3 Å². The van der Waals surface area contributed by atoms with E-state index in [9.17, 15) is 9.59 Å². The number of fused-ring (bicyclic) bond motifs is 3. The van der Waals surface area contributed by atoms with Gasteiger partial charge in [-0.1, -0.05) is 36.4 Å². The number of hydrogen-bond acceptors (Lipinski definition) is 4. The van der Waals surface area contributed by atoms with Gasteiger partial charge in [0.2, 0.25) is 0 Å². The van der Waals surface area contributed by atoms with E-state index in [4.69, 9.17) is 9.47 Å². The molecule has 0 spiro atoms. The van der Waals surface area contributed by atoms with E-state index in [0.717, 1.165) is 0 Å². The zero-order valence-corrected chi connectivity index (χ0v) is 13.3. The van der Waals surface area contributed by atoms with Crippen LogP contribution in [0.1, 0.15) is 44.3 Å². The summed E-state index contributed by atoms with van der Waals surface area (Å²) < 4.78 is 11.1. The van der Waals surface area contributed by atoms with Gasteiger partial charge in [0.25, 0.3) is 11.8 Å². The van der Waals surface area contributed by atoms with Crippen molar-refractivity contribution < 1.29 is 19.1 Å². The average molecular weight is 324 g/mol. The first-order valence-electron chi connectivity index (χ1n) is 7.59. The number of carbonyl (C=O) groups is 2. The van der Waals surface area contributed by atoms with Gasteiger partial charge in [0.1, 0.15) is 0 Å². The Bertz CT molecular complexity index is 766. The van der Waals surface area contributed by atoms with Crippen LogP contribution in [0.3, 0.4) is 0 Å². The third-order valence-electron chi connectivity index (χ3n) is 4.45. The smallest absolute Gasteiger partial charge is 0.275 e. The summed E-state index contributed by atoms with van der Waals surface area (Å²) in [5, 5.41) is 2.70. The number of hydrazine groups is 1. The van der Waals surface area contributed by atoms with Gasteiger partial charge >= 0.3 is 0 Å². The molecule has 2 aliphatic rings. The van der Waals surface area contributed by atoms with E-state index in [1.54, 1.807) is 36.4 Å². The van der Waals surface area contributed by atoms with Crippen LogP contribution in [0, 0.1) is 0 Å². The number of benzene rings is 2. The van der Waals surface area contributed by atoms with Crippen LogP contribution in [0.5, 0.6) is 0 Å². The number of carbonyl (C=O) groups excluding carboxylic acids is 2. The molecule has 0 fully saturated rings. The fourth-order valence-corrected chi connectivity index (χ4v) is 3.41. The highest BCUT2D eigenvalue weighted by molar-refractivity contribution is 6.04. The van der Waals surface area contributed by atoms with E-state index < -0.39 is 12.5 Å². The molecular formula is C18H16N2O4. The molecule has 0 bridgehead atoms. The molecule has 0 saturated carbocycles. The third kappa shape index (κ3) is 1.84. The van der Waals surface area contributed by atoms with Crippen molar-refractivity contribution in [1.29, 1.82) is 0 Å². The number of nitrogens with zero attached hydrogens (tertiary/aromatic N) is 2. The summed E-state index contributed by atoms with van der Waals surface area (Å²) in [5.41, 5.74) is 2.36. The Hall–Kier alpha value is -2.70. The second-order valence-corrected chi connectivity index (χ2v) is 5.65. The number of ether oxygens (including phenoxy) is 2. The molecule has 0 N–H and O–H groups in total. The molecule has 2 aromatic rings. The maximum Gasteiger partial charge on any atom is 0.275 e. The second-order valence-electron chi connectivity index (χ2n) is 5.65. The van der Waals surface area contributed by atoms with Gasteiger partial charge in [-0.2, -0.15) is 0 Å². The Morgan fingerprint density at radius 1 is 0.708 bits per heavy atom.